The fraction of sp³-hybridized carbons (Fsp3) is 0.727. The zero-order valence-corrected chi connectivity index (χ0v) is 8.71. The van der Waals surface area contributed by atoms with Crippen LogP contribution in [0.2, 0.25) is 0 Å². The highest BCUT2D eigenvalue weighted by Crippen LogP contribution is 2.02. The first-order valence-corrected chi connectivity index (χ1v) is 5.08. The fourth-order valence-corrected chi connectivity index (χ4v) is 0.986. The first kappa shape index (κ1) is 12.2. The molecule has 0 amide bonds. The van der Waals surface area contributed by atoms with Crippen molar-refractivity contribution >= 4 is 5.97 Å². The maximum Gasteiger partial charge on any atom is 0.305 e. The molecule has 2 nitrogen and oxygen atoms in total. The highest BCUT2D eigenvalue weighted by Gasteiger charge is 2.00. The van der Waals surface area contributed by atoms with E-state index >= 15 is 0 Å². The minimum atomic E-state index is -0.0534. The van der Waals surface area contributed by atoms with Crippen molar-refractivity contribution in [3.8, 4) is 0 Å². The zero-order chi connectivity index (χ0) is 9.94. The lowest BCUT2D eigenvalue weighted by molar-refractivity contribution is -0.143. The highest BCUT2D eigenvalue weighted by molar-refractivity contribution is 5.69. The highest BCUT2D eigenvalue weighted by atomic mass is 16.5. The molecule has 0 unspecified atom stereocenters. The number of unbranched alkanes of at least 4 members (excludes halogenated alkanes) is 2. The van der Waals surface area contributed by atoms with E-state index in [2.05, 4.69) is 6.08 Å². The Morgan fingerprint density at radius 2 is 2.15 bits per heavy atom. The summed E-state index contributed by atoms with van der Waals surface area (Å²) in [5.74, 6) is -0.0534. The van der Waals surface area contributed by atoms with E-state index in [0.717, 1.165) is 25.7 Å². The first-order valence-electron chi connectivity index (χ1n) is 5.08. The van der Waals surface area contributed by atoms with E-state index in [4.69, 9.17) is 4.74 Å². The topological polar surface area (TPSA) is 26.3 Å². The molecule has 0 radical (unpaired) electrons. The molecule has 0 atom stereocenters. The van der Waals surface area contributed by atoms with Gasteiger partial charge in [0.25, 0.3) is 0 Å². The van der Waals surface area contributed by atoms with Crippen LogP contribution in [-0.4, -0.2) is 12.6 Å². The molecular weight excluding hydrogens is 164 g/mol. The van der Waals surface area contributed by atoms with Gasteiger partial charge in [-0.15, -0.1) is 0 Å². The molecule has 0 aromatic carbocycles. The number of ether oxygens (including phenoxy) is 1. The number of hydrogen-bond acceptors (Lipinski definition) is 2. The average molecular weight is 184 g/mol. The molecular formula is C11H20O2. The molecule has 0 aliphatic rings. The van der Waals surface area contributed by atoms with E-state index in [1.54, 1.807) is 0 Å². The molecule has 0 aromatic heterocycles. The normalized spacial score (nSPS) is 10.6. The molecule has 0 spiro atoms. The largest absolute Gasteiger partial charge is 0.466 e. The van der Waals surface area contributed by atoms with Gasteiger partial charge in [-0.1, -0.05) is 19.1 Å². The van der Waals surface area contributed by atoms with E-state index in [1.807, 2.05) is 19.9 Å². The lowest BCUT2D eigenvalue weighted by Crippen LogP contribution is -2.04. The van der Waals surface area contributed by atoms with Crippen molar-refractivity contribution in [2.75, 3.05) is 6.61 Å². The van der Waals surface area contributed by atoms with Crippen LogP contribution in [0.3, 0.4) is 0 Å². The van der Waals surface area contributed by atoms with Crippen LogP contribution in [0.5, 0.6) is 0 Å². The number of carbonyl (C=O) groups excluding carboxylic acids is 1. The monoisotopic (exact) mass is 184 g/mol. The zero-order valence-electron chi connectivity index (χ0n) is 8.71. The van der Waals surface area contributed by atoms with Gasteiger partial charge in [0.05, 0.1) is 6.61 Å². The summed E-state index contributed by atoms with van der Waals surface area (Å²) < 4.78 is 4.94. The third-order valence-electron chi connectivity index (χ3n) is 1.70. The van der Waals surface area contributed by atoms with Crippen molar-refractivity contribution in [3.05, 3.63) is 12.2 Å². The van der Waals surface area contributed by atoms with Crippen molar-refractivity contribution in [1.29, 1.82) is 0 Å². The van der Waals surface area contributed by atoms with Crippen molar-refractivity contribution in [2.24, 2.45) is 0 Å². The summed E-state index contributed by atoms with van der Waals surface area (Å²) in [5, 5.41) is 0. The second kappa shape index (κ2) is 9.30. The predicted octanol–water partition coefficient (Wildman–Crippen LogP) is 3.08. The van der Waals surface area contributed by atoms with E-state index in [1.165, 1.54) is 0 Å². The third kappa shape index (κ3) is 9.12. The van der Waals surface area contributed by atoms with E-state index in [0.29, 0.717) is 13.0 Å². The van der Waals surface area contributed by atoms with Crippen LogP contribution in [0.1, 0.15) is 46.0 Å². The van der Waals surface area contributed by atoms with Crippen molar-refractivity contribution in [3.63, 3.8) is 0 Å². The van der Waals surface area contributed by atoms with E-state index in [-0.39, 0.29) is 5.97 Å². The number of rotatable bonds is 7. The molecule has 76 valence electrons. The van der Waals surface area contributed by atoms with Gasteiger partial charge in [-0.05, 0) is 32.6 Å². The number of allylic oxidation sites excluding steroid dienone is 2. The summed E-state index contributed by atoms with van der Waals surface area (Å²) >= 11 is 0. The van der Waals surface area contributed by atoms with Crippen LogP contribution in [0.25, 0.3) is 0 Å². The molecule has 0 saturated heterocycles. The number of carbonyl (C=O) groups is 1. The fourth-order valence-electron chi connectivity index (χ4n) is 0.986. The first-order chi connectivity index (χ1) is 6.31. The van der Waals surface area contributed by atoms with Gasteiger partial charge in [-0.2, -0.15) is 0 Å². The van der Waals surface area contributed by atoms with Crippen LogP contribution in [0, 0.1) is 0 Å². The molecule has 0 fully saturated rings. The van der Waals surface area contributed by atoms with Gasteiger partial charge in [-0.3, -0.25) is 4.79 Å². The Morgan fingerprint density at radius 1 is 1.38 bits per heavy atom. The Kier molecular flexibility index (Phi) is 8.73. The van der Waals surface area contributed by atoms with Gasteiger partial charge in [-0.25, -0.2) is 0 Å². The Balaban J connectivity index is 3.17. The van der Waals surface area contributed by atoms with Crippen molar-refractivity contribution in [1.82, 2.24) is 0 Å². The van der Waals surface area contributed by atoms with E-state index in [9.17, 15) is 4.79 Å². The van der Waals surface area contributed by atoms with Crippen LogP contribution in [0.4, 0.5) is 0 Å². The molecule has 0 aliphatic carbocycles. The molecule has 0 rings (SSSR count). The molecule has 2 heteroatoms. The second-order valence-corrected chi connectivity index (χ2v) is 3.04. The molecule has 0 N–H and O–H groups in total. The quantitative estimate of drug-likeness (QED) is 0.345. The minimum Gasteiger partial charge on any atom is -0.466 e. The smallest absolute Gasteiger partial charge is 0.305 e. The maximum absolute atomic E-state index is 11.0. The van der Waals surface area contributed by atoms with Gasteiger partial charge in [0.1, 0.15) is 0 Å². The summed E-state index contributed by atoms with van der Waals surface area (Å²) in [6, 6.07) is 0. The summed E-state index contributed by atoms with van der Waals surface area (Å²) in [4.78, 5) is 11.0. The van der Waals surface area contributed by atoms with Crippen LogP contribution in [0.15, 0.2) is 12.2 Å². The van der Waals surface area contributed by atoms with Gasteiger partial charge in [0.15, 0.2) is 0 Å². The van der Waals surface area contributed by atoms with Crippen LogP contribution < -0.4 is 0 Å². The van der Waals surface area contributed by atoms with Crippen molar-refractivity contribution in [2.45, 2.75) is 46.0 Å². The second-order valence-electron chi connectivity index (χ2n) is 3.04. The summed E-state index contributed by atoms with van der Waals surface area (Å²) in [5.41, 5.74) is 0. The predicted molar refractivity (Wildman–Crippen MR) is 54.5 cm³/mol. The van der Waals surface area contributed by atoms with E-state index < -0.39 is 0 Å². The summed E-state index contributed by atoms with van der Waals surface area (Å²) in [6.45, 7) is 4.57. The Hall–Kier alpha value is -0.790. The molecule has 0 heterocycles. The van der Waals surface area contributed by atoms with Gasteiger partial charge in [0.2, 0.25) is 0 Å². The molecule has 0 aliphatic heterocycles. The summed E-state index contributed by atoms with van der Waals surface area (Å²) in [6.07, 6.45) is 8.71. The standard InChI is InChI=1S/C11H20O2/c1-3-5-6-7-8-9-11(12)13-10-4-2/h3,5H,4,6-10H2,1-2H3. The van der Waals surface area contributed by atoms with Gasteiger partial charge >= 0.3 is 5.97 Å². The molecule has 0 saturated carbocycles. The molecule has 0 aromatic rings. The van der Waals surface area contributed by atoms with Crippen molar-refractivity contribution < 1.29 is 9.53 Å². The lowest BCUT2D eigenvalue weighted by Gasteiger charge is -2.01. The third-order valence-corrected chi connectivity index (χ3v) is 1.70. The maximum atomic E-state index is 11.0. The van der Waals surface area contributed by atoms with Crippen LogP contribution in [-0.2, 0) is 9.53 Å². The summed E-state index contributed by atoms with van der Waals surface area (Å²) in [7, 11) is 0. The molecule has 13 heavy (non-hydrogen) atoms. The minimum absolute atomic E-state index is 0.0534. The number of hydrogen-bond donors (Lipinski definition) is 0. The Morgan fingerprint density at radius 3 is 2.77 bits per heavy atom. The van der Waals surface area contributed by atoms with Crippen LogP contribution >= 0.6 is 0 Å². The average Bonchev–Trinajstić information content (AvgIpc) is 2.14. The lowest BCUT2D eigenvalue weighted by atomic mass is 10.2. The SMILES string of the molecule is CC=CCCCCC(=O)OCCC. The Bertz CT molecular complexity index is 150. The number of esters is 1. The van der Waals surface area contributed by atoms with Gasteiger partial charge in [0, 0.05) is 6.42 Å². The molecule has 0 bridgehead atoms. The van der Waals surface area contributed by atoms with Gasteiger partial charge < -0.3 is 4.74 Å². The Labute approximate surface area is 81.0 Å².